The van der Waals surface area contributed by atoms with Gasteiger partial charge in [0.05, 0.1) is 5.69 Å². The van der Waals surface area contributed by atoms with Crippen molar-refractivity contribution in [1.29, 1.82) is 0 Å². The Morgan fingerprint density at radius 3 is 2.58 bits per heavy atom. The van der Waals surface area contributed by atoms with Gasteiger partial charge in [-0.3, -0.25) is 9.78 Å². The van der Waals surface area contributed by atoms with Crippen LogP contribution in [0.3, 0.4) is 0 Å². The van der Waals surface area contributed by atoms with Crippen LogP contribution in [0.4, 0.5) is 10.1 Å². The molecule has 1 heterocycles. The summed E-state index contributed by atoms with van der Waals surface area (Å²) < 4.78 is 14.7. The minimum absolute atomic E-state index is 0.305. The number of nitrogens with zero attached hydrogens (tertiary/aromatic N) is 1. The summed E-state index contributed by atoms with van der Waals surface area (Å²) in [4.78, 5) is 18.4. The first-order valence-electron chi connectivity index (χ1n) is 9.51. The van der Waals surface area contributed by atoms with Crippen LogP contribution in [0.5, 0.6) is 0 Å². The van der Waals surface area contributed by atoms with Gasteiger partial charge in [0.25, 0.3) is 5.91 Å². The predicted octanol–water partition coefficient (Wildman–Crippen LogP) is 7.18. The Morgan fingerprint density at radius 1 is 0.968 bits per heavy atom. The summed E-state index contributed by atoms with van der Waals surface area (Å²) >= 11 is 7.43. The molecule has 0 saturated heterocycles. The van der Waals surface area contributed by atoms with Crippen molar-refractivity contribution < 1.29 is 9.18 Å². The van der Waals surface area contributed by atoms with E-state index in [2.05, 4.69) is 10.3 Å². The summed E-state index contributed by atoms with van der Waals surface area (Å²) in [6, 6.07) is 23.0. The van der Waals surface area contributed by atoms with E-state index in [1.807, 2.05) is 60.9 Å². The van der Waals surface area contributed by atoms with Gasteiger partial charge in [0.1, 0.15) is 5.82 Å². The third-order valence-corrected chi connectivity index (χ3v) is 5.73. The highest BCUT2D eigenvalue weighted by Gasteiger charge is 2.17. The van der Waals surface area contributed by atoms with Crippen LogP contribution in [0.25, 0.3) is 22.4 Å². The van der Waals surface area contributed by atoms with E-state index in [9.17, 15) is 9.18 Å². The molecule has 3 nitrogen and oxygen atoms in total. The van der Waals surface area contributed by atoms with Crippen LogP contribution in [0.15, 0.2) is 90.0 Å². The molecule has 0 atom stereocenters. The fraction of sp³-hybridized carbons (Fsp3) is 0.0400. The van der Waals surface area contributed by atoms with Gasteiger partial charge in [-0.05, 0) is 72.5 Å². The lowest BCUT2D eigenvalue weighted by Crippen LogP contribution is -2.13. The largest absolute Gasteiger partial charge is 0.322 e. The molecule has 0 aliphatic carbocycles. The van der Waals surface area contributed by atoms with E-state index in [4.69, 9.17) is 11.6 Å². The maximum atomic E-state index is 14.7. The minimum atomic E-state index is -0.475. The maximum absolute atomic E-state index is 14.7. The first kappa shape index (κ1) is 21.1. The maximum Gasteiger partial charge on any atom is 0.256 e. The highest BCUT2D eigenvalue weighted by atomic mass is 35.5. The molecule has 3 aromatic carbocycles. The Kier molecular flexibility index (Phi) is 6.35. The summed E-state index contributed by atoms with van der Waals surface area (Å²) in [6.45, 7) is 0. The Bertz CT molecular complexity index is 1250. The molecule has 0 unspecified atom stereocenters. The lowest BCUT2D eigenvalue weighted by molar-refractivity contribution is 0.102. The van der Waals surface area contributed by atoms with Crippen LogP contribution in [0, 0.1) is 5.82 Å². The number of nitrogens with one attached hydrogen (secondary N) is 1. The lowest BCUT2D eigenvalue weighted by atomic mass is 9.98. The highest BCUT2D eigenvalue weighted by Crippen LogP contribution is 2.32. The summed E-state index contributed by atoms with van der Waals surface area (Å²) in [6.07, 6.45) is 3.65. The van der Waals surface area contributed by atoms with E-state index in [-0.39, 0.29) is 5.91 Å². The van der Waals surface area contributed by atoms with Gasteiger partial charge in [-0.1, -0.05) is 29.8 Å². The Hall–Kier alpha value is -3.15. The smallest absolute Gasteiger partial charge is 0.256 e. The molecule has 154 valence electrons. The molecule has 31 heavy (non-hydrogen) atoms. The molecule has 0 spiro atoms. The number of pyridine rings is 1. The van der Waals surface area contributed by atoms with Crippen molar-refractivity contribution in [1.82, 2.24) is 4.98 Å². The quantitative estimate of drug-likeness (QED) is 0.329. The number of anilines is 1. The molecule has 1 aromatic heterocycles. The second-order valence-electron chi connectivity index (χ2n) is 6.79. The Labute approximate surface area is 189 Å². The van der Waals surface area contributed by atoms with Crippen LogP contribution in [-0.4, -0.2) is 17.1 Å². The molecule has 1 amide bonds. The predicted molar refractivity (Wildman–Crippen MR) is 126 cm³/mol. The normalized spacial score (nSPS) is 10.7. The number of aromatic nitrogens is 1. The second kappa shape index (κ2) is 9.33. The summed E-state index contributed by atoms with van der Waals surface area (Å²) in [5, 5.41) is 3.23. The van der Waals surface area contributed by atoms with Crippen molar-refractivity contribution in [3.05, 3.63) is 101 Å². The van der Waals surface area contributed by atoms with Crippen LogP contribution < -0.4 is 5.32 Å². The Balaban J connectivity index is 1.69. The monoisotopic (exact) mass is 448 g/mol. The van der Waals surface area contributed by atoms with Crippen molar-refractivity contribution in [2.45, 2.75) is 4.90 Å². The number of thioether (sulfide) groups is 1. The van der Waals surface area contributed by atoms with E-state index in [1.54, 1.807) is 24.4 Å². The van der Waals surface area contributed by atoms with Crippen LogP contribution in [0.1, 0.15) is 10.4 Å². The van der Waals surface area contributed by atoms with Gasteiger partial charge >= 0.3 is 0 Å². The van der Waals surface area contributed by atoms with Gasteiger partial charge in [0, 0.05) is 38.5 Å². The average Bonchev–Trinajstić information content (AvgIpc) is 2.79. The number of carbonyl (C=O) groups excluding carboxylic acids is 1. The molecule has 0 aliphatic rings. The topological polar surface area (TPSA) is 42.0 Å². The minimum Gasteiger partial charge on any atom is -0.322 e. The zero-order valence-electron chi connectivity index (χ0n) is 16.6. The number of carbonyl (C=O) groups is 1. The molecule has 0 fully saturated rings. The number of benzene rings is 3. The molecule has 0 radical (unpaired) electrons. The molecule has 0 saturated carbocycles. The third-order valence-electron chi connectivity index (χ3n) is 4.77. The van der Waals surface area contributed by atoms with Gasteiger partial charge in [0.2, 0.25) is 0 Å². The van der Waals surface area contributed by atoms with Crippen LogP contribution in [-0.2, 0) is 0 Å². The van der Waals surface area contributed by atoms with E-state index >= 15 is 0 Å². The first-order chi connectivity index (χ1) is 15.0. The average molecular weight is 449 g/mol. The van der Waals surface area contributed by atoms with Crippen molar-refractivity contribution in [2.24, 2.45) is 0 Å². The molecular formula is C25H18ClFN2OS. The molecule has 0 aliphatic heterocycles. The van der Waals surface area contributed by atoms with Crippen LogP contribution >= 0.6 is 23.4 Å². The van der Waals surface area contributed by atoms with Gasteiger partial charge in [-0.2, -0.15) is 0 Å². The zero-order valence-corrected chi connectivity index (χ0v) is 18.2. The molecule has 4 aromatic rings. The summed E-state index contributed by atoms with van der Waals surface area (Å²) in [5.74, 6) is -0.799. The second-order valence-corrected chi connectivity index (χ2v) is 8.10. The molecular weight excluding hydrogens is 431 g/mol. The van der Waals surface area contributed by atoms with Gasteiger partial charge in [0.15, 0.2) is 0 Å². The van der Waals surface area contributed by atoms with E-state index in [0.717, 1.165) is 16.2 Å². The lowest BCUT2D eigenvalue weighted by Gasteiger charge is -2.13. The van der Waals surface area contributed by atoms with Crippen molar-refractivity contribution in [3.63, 3.8) is 0 Å². The molecule has 0 bridgehead atoms. The highest BCUT2D eigenvalue weighted by molar-refractivity contribution is 7.98. The van der Waals surface area contributed by atoms with Crippen molar-refractivity contribution in [2.75, 3.05) is 11.6 Å². The van der Waals surface area contributed by atoms with Crippen molar-refractivity contribution in [3.8, 4) is 22.4 Å². The first-order valence-corrected chi connectivity index (χ1v) is 11.1. The zero-order chi connectivity index (χ0) is 21.8. The molecule has 1 N–H and O–H groups in total. The SMILES string of the molecule is CSc1ccc(C(=O)Nc2cccc(-c3ccccn3)c2)c(-c2ccc(Cl)cc2F)c1. The fourth-order valence-electron chi connectivity index (χ4n) is 3.27. The van der Waals surface area contributed by atoms with Crippen LogP contribution in [0.2, 0.25) is 5.02 Å². The third kappa shape index (κ3) is 4.79. The summed E-state index contributed by atoms with van der Waals surface area (Å²) in [7, 11) is 0. The number of hydrogen-bond donors (Lipinski definition) is 1. The Morgan fingerprint density at radius 2 is 1.84 bits per heavy atom. The van der Waals surface area contributed by atoms with E-state index in [1.165, 1.54) is 17.8 Å². The number of halogens is 2. The molecule has 6 heteroatoms. The van der Waals surface area contributed by atoms with Gasteiger partial charge in [-0.25, -0.2) is 4.39 Å². The fourth-order valence-corrected chi connectivity index (χ4v) is 3.87. The van der Waals surface area contributed by atoms with Gasteiger partial charge < -0.3 is 5.32 Å². The molecule has 4 rings (SSSR count). The number of rotatable bonds is 5. The van der Waals surface area contributed by atoms with E-state index in [0.29, 0.717) is 27.4 Å². The van der Waals surface area contributed by atoms with Gasteiger partial charge in [-0.15, -0.1) is 11.8 Å². The standard InChI is InChI=1S/C25H18ClFN2OS/c1-31-19-9-11-21(22(15-19)20-10-8-17(26)14-23(20)27)25(30)29-18-6-4-5-16(13-18)24-7-2-3-12-28-24/h2-15H,1H3,(H,29,30). The number of hydrogen-bond acceptors (Lipinski definition) is 3. The number of amides is 1. The summed E-state index contributed by atoms with van der Waals surface area (Å²) in [5.41, 5.74) is 3.55. The van der Waals surface area contributed by atoms with E-state index < -0.39 is 5.82 Å². The van der Waals surface area contributed by atoms with Crippen molar-refractivity contribution >= 4 is 35.0 Å².